The molecule has 40 heavy (non-hydrogen) atoms. The van der Waals surface area contributed by atoms with Crippen molar-refractivity contribution in [2.24, 2.45) is 0 Å². The average Bonchev–Trinajstić information content (AvgIpc) is 2.88. The minimum absolute atomic E-state index is 0.124. The summed E-state index contributed by atoms with van der Waals surface area (Å²) in [5.41, 5.74) is -3.57. The molecule has 4 aromatic rings. The normalized spacial score (nSPS) is 11.7. The highest BCUT2D eigenvalue weighted by Crippen LogP contribution is 2.38. The van der Waals surface area contributed by atoms with Crippen LogP contribution in [0.4, 0.5) is 26.3 Å². The number of benzene rings is 4. The van der Waals surface area contributed by atoms with Crippen LogP contribution in [0, 0.1) is 0 Å². The highest BCUT2D eigenvalue weighted by atomic mass is 19.4. The molecule has 4 rings (SSSR count). The van der Waals surface area contributed by atoms with Gasteiger partial charge in [-0.2, -0.15) is 26.3 Å². The molecule has 0 radical (unpaired) electrons. The third-order valence-electron chi connectivity index (χ3n) is 5.53. The number of carboxylic acid groups (broad SMARTS) is 2. The quantitative estimate of drug-likeness (QED) is 0.220. The molecule has 4 aromatic carbocycles. The van der Waals surface area contributed by atoms with E-state index in [0.717, 1.165) is 24.3 Å². The van der Waals surface area contributed by atoms with Crippen LogP contribution in [0.3, 0.4) is 0 Å². The molecule has 0 aromatic heterocycles. The molecule has 12 heteroatoms. The lowest BCUT2D eigenvalue weighted by Gasteiger charge is -2.14. The van der Waals surface area contributed by atoms with E-state index in [0.29, 0.717) is 23.3 Å². The number of hydrogen-bond donors (Lipinski definition) is 2. The Hall–Kier alpha value is -5.00. The van der Waals surface area contributed by atoms with Crippen LogP contribution in [0.15, 0.2) is 84.9 Å². The first kappa shape index (κ1) is 28.0. The van der Waals surface area contributed by atoms with E-state index in [2.05, 4.69) is 0 Å². The Morgan fingerprint density at radius 3 is 1.20 bits per heavy atom. The van der Waals surface area contributed by atoms with E-state index >= 15 is 0 Å². The van der Waals surface area contributed by atoms with Crippen LogP contribution in [-0.2, 0) is 12.4 Å². The van der Waals surface area contributed by atoms with Crippen LogP contribution in [0.25, 0.3) is 11.1 Å². The van der Waals surface area contributed by atoms with Crippen molar-refractivity contribution < 1.29 is 55.6 Å². The molecule has 2 N–H and O–H groups in total. The van der Waals surface area contributed by atoms with Crippen LogP contribution in [0.2, 0.25) is 0 Å². The molecular weight excluding hydrogens is 546 g/mol. The average molecular weight is 562 g/mol. The summed E-state index contributed by atoms with van der Waals surface area (Å²) in [6, 6.07) is 17.2. The maximum Gasteiger partial charge on any atom is 0.417 e. The minimum Gasteiger partial charge on any atom is -0.478 e. The van der Waals surface area contributed by atoms with Crippen molar-refractivity contribution in [1.82, 2.24) is 0 Å². The van der Waals surface area contributed by atoms with Crippen LogP contribution in [0.5, 0.6) is 23.0 Å². The SMILES string of the molecule is O=C(O)c1ccc(Oc2cccc(-c3cccc(Oc4ccc(C(=O)O)c(C(F)(F)F)c4)c3)c2)cc1C(F)(F)F. The molecule has 0 amide bonds. The maximum atomic E-state index is 13.3. The van der Waals surface area contributed by atoms with Crippen molar-refractivity contribution >= 4 is 11.9 Å². The van der Waals surface area contributed by atoms with Crippen molar-refractivity contribution in [3.8, 4) is 34.1 Å². The van der Waals surface area contributed by atoms with E-state index in [4.69, 9.17) is 19.7 Å². The van der Waals surface area contributed by atoms with Gasteiger partial charge < -0.3 is 19.7 Å². The third-order valence-corrected chi connectivity index (χ3v) is 5.53. The number of ether oxygens (including phenoxy) is 2. The lowest BCUT2D eigenvalue weighted by Crippen LogP contribution is -2.12. The van der Waals surface area contributed by atoms with Gasteiger partial charge in [0.1, 0.15) is 23.0 Å². The highest BCUT2D eigenvalue weighted by molar-refractivity contribution is 5.90. The molecule has 0 spiro atoms. The molecule has 0 heterocycles. The summed E-state index contributed by atoms with van der Waals surface area (Å²) in [4.78, 5) is 22.3. The van der Waals surface area contributed by atoms with Crippen LogP contribution in [0.1, 0.15) is 31.8 Å². The van der Waals surface area contributed by atoms with Gasteiger partial charge >= 0.3 is 24.3 Å². The van der Waals surface area contributed by atoms with E-state index in [1.54, 1.807) is 24.3 Å². The molecule has 0 atom stereocenters. The molecule has 6 nitrogen and oxygen atoms in total. The van der Waals surface area contributed by atoms with Gasteiger partial charge in [-0.15, -0.1) is 0 Å². The van der Waals surface area contributed by atoms with Gasteiger partial charge in [-0.3, -0.25) is 0 Å². The third kappa shape index (κ3) is 6.34. The van der Waals surface area contributed by atoms with Crippen molar-refractivity contribution in [3.05, 3.63) is 107 Å². The monoisotopic (exact) mass is 562 g/mol. The first-order valence-corrected chi connectivity index (χ1v) is 11.2. The number of hydrogen-bond acceptors (Lipinski definition) is 4. The van der Waals surface area contributed by atoms with Gasteiger partial charge in [-0.1, -0.05) is 24.3 Å². The van der Waals surface area contributed by atoms with E-state index in [9.17, 15) is 35.9 Å². The Morgan fingerprint density at radius 1 is 0.525 bits per heavy atom. The van der Waals surface area contributed by atoms with E-state index in [1.807, 2.05) is 0 Å². The van der Waals surface area contributed by atoms with Gasteiger partial charge in [0.25, 0.3) is 0 Å². The molecule has 0 aliphatic heterocycles. The second-order valence-corrected chi connectivity index (χ2v) is 8.28. The summed E-state index contributed by atoms with van der Waals surface area (Å²) in [5, 5.41) is 18.1. The molecule has 0 bridgehead atoms. The molecule has 0 aliphatic carbocycles. The number of alkyl halides is 6. The Bertz CT molecular complexity index is 1470. The number of halogens is 6. The predicted molar refractivity (Wildman–Crippen MR) is 129 cm³/mol. The van der Waals surface area contributed by atoms with Gasteiger partial charge in [-0.05, 0) is 71.8 Å². The number of carboxylic acids is 2. The molecule has 0 fully saturated rings. The molecule has 206 valence electrons. The van der Waals surface area contributed by atoms with Gasteiger partial charge in [-0.25, -0.2) is 9.59 Å². The smallest absolute Gasteiger partial charge is 0.417 e. The summed E-state index contributed by atoms with van der Waals surface area (Å²) >= 11 is 0. The summed E-state index contributed by atoms with van der Waals surface area (Å²) in [5.74, 6) is -3.74. The zero-order valence-corrected chi connectivity index (χ0v) is 19.9. The maximum absolute atomic E-state index is 13.3. The van der Waals surface area contributed by atoms with Crippen molar-refractivity contribution in [3.63, 3.8) is 0 Å². The van der Waals surface area contributed by atoms with Crippen LogP contribution >= 0.6 is 0 Å². The molecule has 0 aliphatic rings. The Balaban J connectivity index is 1.60. The standard InChI is InChI=1S/C28H16F6O6/c29-27(30,31)23-13-19(7-9-21(23)25(35)36)39-17-5-1-3-15(11-17)16-4-2-6-18(12-16)40-20-8-10-22(26(37)38)24(14-20)28(32,33)34/h1-14H,(H,35,36)(H,37,38). The van der Waals surface area contributed by atoms with Crippen molar-refractivity contribution in [1.29, 1.82) is 0 Å². The fraction of sp³-hybridized carbons (Fsp3) is 0.0714. The molecular formula is C28H16F6O6. The summed E-state index contributed by atoms with van der Waals surface area (Å²) in [7, 11) is 0. The Labute approximate surface area is 221 Å². The lowest BCUT2D eigenvalue weighted by atomic mass is 10.0. The second-order valence-electron chi connectivity index (χ2n) is 8.28. The van der Waals surface area contributed by atoms with E-state index in [-0.39, 0.29) is 23.0 Å². The first-order valence-electron chi connectivity index (χ1n) is 11.2. The highest BCUT2D eigenvalue weighted by Gasteiger charge is 2.37. The predicted octanol–water partition coefficient (Wildman–Crippen LogP) is 8.37. The summed E-state index contributed by atoms with van der Waals surface area (Å²) in [6.45, 7) is 0. The molecule has 0 saturated carbocycles. The molecule has 0 unspecified atom stereocenters. The van der Waals surface area contributed by atoms with Gasteiger partial charge in [0, 0.05) is 0 Å². The van der Waals surface area contributed by atoms with Crippen molar-refractivity contribution in [2.75, 3.05) is 0 Å². The van der Waals surface area contributed by atoms with Crippen LogP contribution < -0.4 is 9.47 Å². The zero-order valence-electron chi connectivity index (χ0n) is 19.9. The zero-order chi connectivity index (χ0) is 29.2. The molecule has 0 saturated heterocycles. The minimum atomic E-state index is -4.93. The Morgan fingerprint density at radius 2 is 0.875 bits per heavy atom. The van der Waals surface area contributed by atoms with Crippen LogP contribution in [-0.4, -0.2) is 22.2 Å². The summed E-state index contributed by atoms with van der Waals surface area (Å²) in [6.07, 6.45) is -9.85. The number of rotatable bonds is 7. The number of aromatic carboxylic acids is 2. The first-order chi connectivity index (χ1) is 18.7. The fourth-order valence-electron chi connectivity index (χ4n) is 3.77. The van der Waals surface area contributed by atoms with E-state index in [1.165, 1.54) is 24.3 Å². The summed E-state index contributed by atoms with van der Waals surface area (Å²) < 4.78 is 91.0. The van der Waals surface area contributed by atoms with Gasteiger partial charge in [0.15, 0.2) is 0 Å². The van der Waals surface area contributed by atoms with Gasteiger partial charge in [0.05, 0.1) is 22.3 Å². The van der Waals surface area contributed by atoms with Crippen molar-refractivity contribution in [2.45, 2.75) is 12.4 Å². The lowest BCUT2D eigenvalue weighted by molar-refractivity contribution is -0.138. The second kappa shape index (κ2) is 10.6. The fourth-order valence-corrected chi connectivity index (χ4v) is 3.77. The van der Waals surface area contributed by atoms with E-state index < -0.39 is 46.5 Å². The number of carbonyl (C=O) groups is 2. The topological polar surface area (TPSA) is 93.1 Å². The Kier molecular flexibility index (Phi) is 7.45. The largest absolute Gasteiger partial charge is 0.478 e. The van der Waals surface area contributed by atoms with Gasteiger partial charge in [0.2, 0.25) is 0 Å².